The van der Waals surface area contributed by atoms with Crippen LogP contribution < -0.4 is 0 Å². The van der Waals surface area contributed by atoms with Crippen LogP contribution in [0, 0.1) is 5.92 Å². The summed E-state index contributed by atoms with van der Waals surface area (Å²) in [5, 5.41) is 0. The number of carbonyl (C=O) groups is 1. The minimum absolute atomic E-state index is 0.00449. The van der Waals surface area contributed by atoms with Crippen LogP contribution in [0.3, 0.4) is 0 Å². The molecule has 0 aliphatic carbocycles. The highest BCUT2D eigenvalue weighted by molar-refractivity contribution is 5.69. The van der Waals surface area contributed by atoms with E-state index in [-0.39, 0.29) is 12.1 Å². The summed E-state index contributed by atoms with van der Waals surface area (Å²) in [4.78, 5) is 21.3. The summed E-state index contributed by atoms with van der Waals surface area (Å²) in [6, 6.07) is 0.00449. The van der Waals surface area contributed by atoms with Gasteiger partial charge in [-0.2, -0.15) is 0 Å². The molecule has 0 spiro atoms. The zero-order valence-corrected chi connectivity index (χ0v) is 11.4. The van der Waals surface area contributed by atoms with E-state index in [1.807, 2.05) is 20.8 Å². The lowest BCUT2D eigenvalue weighted by atomic mass is 10.1. The van der Waals surface area contributed by atoms with Gasteiger partial charge in [-0.1, -0.05) is 6.92 Å². The number of amides is 1. The van der Waals surface area contributed by atoms with Gasteiger partial charge in [0, 0.05) is 18.9 Å². The normalized spacial score (nSPS) is 24.3. The number of imidazole rings is 1. The molecule has 0 radical (unpaired) electrons. The van der Waals surface area contributed by atoms with E-state index in [0.717, 1.165) is 18.8 Å². The van der Waals surface area contributed by atoms with Gasteiger partial charge in [0.2, 0.25) is 0 Å². The van der Waals surface area contributed by atoms with Crippen LogP contribution in [0.25, 0.3) is 0 Å². The first-order valence-corrected chi connectivity index (χ1v) is 6.35. The Kier molecular flexibility index (Phi) is 3.32. The van der Waals surface area contributed by atoms with Crippen LogP contribution in [0.4, 0.5) is 4.79 Å². The highest BCUT2D eigenvalue weighted by atomic mass is 16.6. The lowest BCUT2D eigenvalue weighted by Crippen LogP contribution is -2.37. The van der Waals surface area contributed by atoms with E-state index in [1.165, 1.54) is 0 Å². The number of aromatic amines is 1. The number of aromatic nitrogens is 2. The first-order valence-electron chi connectivity index (χ1n) is 6.35. The third-order valence-electron chi connectivity index (χ3n) is 2.97. The molecule has 1 aliphatic heterocycles. The molecule has 2 heterocycles. The number of carbonyl (C=O) groups excluding carboxylic acids is 1. The quantitative estimate of drug-likeness (QED) is 0.835. The van der Waals surface area contributed by atoms with Crippen molar-refractivity contribution in [2.24, 2.45) is 5.92 Å². The van der Waals surface area contributed by atoms with Crippen LogP contribution in [-0.4, -0.2) is 33.1 Å². The molecule has 5 heteroatoms. The number of ether oxygens (including phenoxy) is 1. The fraction of sp³-hybridized carbons (Fsp3) is 0.692. The van der Waals surface area contributed by atoms with Crippen LogP contribution >= 0.6 is 0 Å². The third kappa shape index (κ3) is 2.83. The smallest absolute Gasteiger partial charge is 0.410 e. The van der Waals surface area contributed by atoms with E-state index in [1.54, 1.807) is 17.3 Å². The van der Waals surface area contributed by atoms with Crippen molar-refractivity contribution >= 4 is 6.09 Å². The summed E-state index contributed by atoms with van der Waals surface area (Å²) in [7, 11) is 0. The molecule has 1 amide bonds. The number of H-pyrrole nitrogens is 1. The molecule has 1 N–H and O–H groups in total. The number of likely N-dealkylation sites (tertiary alicyclic amines) is 1. The first-order chi connectivity index (χ1) is 8.37. The van der Waals surface area contributed by atoms with E-state index in [2.05, 4.69) is 16.9 Å². The van der Waals surface area contributed by atoms with Crippen LogP contribution in [0.2, 0.25) is 0 Å². The molecule has 2 atom stereocenters. The Morgan fingerprint density at radius 3 is 2.83 bits per heavy atom. The highest BCUT2D eigenvalue weighted by Crippen LogP contribution is 2.34. The molecule has 1 fully saturated rings. The van der Waals surface area contributed by atoms with E-state index < -0.39 is 5.60 Å². The lowest BCUT2D eigenvalue weighted by Gasteiger charge is -2.27. The van der Waals surface area contributed by atoms with Gasteiger partial charge in [-0.15, -0.1) is 0 Å². The standard InChI is InChI=1S/C13H21N3O2/c1-9-7-10(11-14-5-6-15-11)16(8-9)12(17)18-13(2,3)4/h5-6,9-10H,7-8H2,1-4H3,(H,14,15)/t9?,10-/m0/s1. The van der Waals surface area contributed by atoms with Gasteiger partial charge in [-0.25, -0.2) is 9.78 Å². The minimum atomic E-state index is -0.462. The molecule has 1 saturated heterocycles. The Labute approximate surface area is 108 Å². The van der Waals surface area contributed by atoms with Gasteiger partial charge in [-0.05, 0) is 33.1 Å². The van der Waals surface area contributed by atoms with Gasteiger partial charge in [0.1, 0.15) is 11.4 Å². The summed E-state index contributed by atoms with van der Waals surface area (Å²) in [6.45, 7) is 8.51. The fourth-order valence-electron chi connectivity index (χ4n) is 2.29. The average molecular weight is 251 g/mol. The average Bonchev–Trinajstić information content (AvgIpc) is 2.82. The Morgan fingerprint density at radius 1 is 1.56 bits per heavy atom. The van der Waals surface area contributed by atoms with Crippen LogP contribution in [-0.2, 0) is 4.74 Å². The maximum absolute atomic E-state index is 12.2. The Morgan fingerprint density at radius 2 is 2.28 bits per heavy atom. The zero-order chi connectivity index (χ0) is 13.3. The van der Waals surface area contributed by atoms with Gasteiger partial charge in [0.05, 0.1) is 6.04 Å². The summed E-state index contributed by atoms with van der Waals surface area (Å²) >= 11 is 0. The van der Waals surface area contributed by atoms with E-state index in [9.17, 15) is 4.79 Å². The molecule has 1 aliphatic rings. The van der Waals surface area contributed by atoms with Crippen molar-refractivity contribution in [1.82, 2.24) is 14.9 Å². The van der Waals surface area contributed by atoms with Gasteiger partial charge >= 0.3 is 6.09 Å². The van der Waals surface area contributed by atoms with Crippen molar-refractivity contribution in [2.75, 3.05) is 6.54 Å². The van der Waals surface area contributed by atoms with E-state index >= 15 is 0 Å². The number of nitrogens with zero attached hydrogens (tertiary/aromatic N) is 2. The predicted molar refractivity (Wildman–Crippen MR) is 68.0 cm³/mol. The van der Waals surface area contributed by atoms with Crippen LogP contribution in [0.15, 0.2) is 12.4 Å². The summed E-state index contributed by atoms with van der Waals surface area (Å²) in [6.07, 6.45) is 4.16. The molecule has 0 bridgehead atoms. The number of hydrogen-bond donors (Lipinski definition) is 1. The molecular formula is C13H21N3O2. The molecule has 1 unspecified atom stereocenters. The molecule has 1 aromatic heterocycles. The van der Waals surface area contributed by atoms with Gasteiger partial charge < -0.3 is 9.72 Å². The molecule has 2 rings (SSSR count). The van der Waals surface area contributed by atoms with Gasteiger partial charge in [0.25, 0.3) is 0 Å². The first kappa shape index (κ1) is 12.9. The van der Waals surface area contributed by atoms with Crippen molar-refractivity contribution in [3.63, 3.8) is 0 Å². The van der Waals surface area contributed by atoms with Crippen molar-refractivity contribution < 1.29 is 9.53 Å². The van der Waals surface area contributed by atoms with Crippen LogP contribution in [0.1, 0.15) is 46.0 Å². The number of rotatable bonds is 1. The maximum Gasteiger partial charge on any atom is 0.410 e. The largest absolute Gasteiger partial charge is 0.444 e. The number of nitrogens with one attached hydrogen (secondary N) is 1. The molecule has 0 saturated carbocycles. The Hall–Kier alpha value is -1.52. The second-order valence-electron chi connectivity index (χ2n) is 5.96. The second kappa shape index (κ2) is 4.63. The Balaban J connectivity index is 2.13. The molecule has 5 nitrogen and oxygen atoms in total. The highest BCUT2D eigenvalue weighted by Gasteiger charge is 2.37. The van der Waals surface area contributed by atoms with E-state index in [0.29, 0.717) is 5.92 Å². The second-order valence-corrected chi connectivity index (χ2v) is 5.96. The topological polar surface area (TPSA) is 58.2 Å². The summed E-state index contributed by atoms with van der Waals surface area (Å²) in [5.41, 5.74) is -0.462. The Bertz CT molecular complexity index is 408. The van der Waals surface area contributed by atoms with Crippen molar-refractivity contribution in [3.05, 3.63) is 18.2 Å². The number of hydrogen-bond acceptors (Lipinski definition) is 3. The summed E-state index contributed by atoms with van der Waals surface area (Å²) < 4.78 is 5.44. The van der Waals surface area contributed by atoms with Crippen molar-refractivity contribution in [3.8, 4) is 0 Å². The fourth-order valence-corrected chi connectivity index (χ4v) is 2.29. The zero-order valence-electron chi connectivity index (χ0n) is 11.4. The molecule has 100 valence electrons. The predicted octanol–water partition coefficient (Wildman–Crippen LogP) is 2.73. The lowest BCUT2D eigenvalue weighted by molar-refractivity contribution is 0.0214. The molecule has 0 aromatic carbocycles. The summed E-state index contributed by atoms with van der Waals surface area (Å²) in [5.74, 6) is 1.30. The van der Waals surface area contributed by atoms with Gasteiger partial charge in [-0.3, -0.25) is 4.90 Å². The molecule has 18 heavy (non-hydrogen) atoms. The van der Waals surface area contributed by atoms with E-state index in [4.69, 9.17) is 4.74 Å². The van der Waals surface area contributed by atoms with Gasteiger partial charge in [0.15, 0.2) is 0 Å². The van der Waals surface area contributed by atoms with Crippen molar-refractivity contribution in [1.29, 1.82) is 0 Å². The minimum Gasteiger partial charge on any atom is -0.444 e. The van der Waals surface area contributed by atoms with Crippen LogP contribution in [0.5, 0.6) is 0 Å². The molecule has 1 aromatic rings. The third-order valence-corrected chi connectivity index (χ3v) is 2.97. The van der Waals surface area contributed by atoms with Crippen molar-refractivity contribution in [2.45, 2.75) is 45.8 Å². The SMILES string of the molecule is CC1C[C@@H](c2ncc[nH]2)N(C(=O)OC(C)(C)C)C1. The molecular weight excluding hydrogens is 230 g/mol. The monoisotopic (exact) mass is 251 g/mol. The maximum atomic E-state index is 12.2.